The molecule has 1 saturated heterocycles. The largest absolute Gasteiger partial charge is 0.300 e. The van der Waals surface area contributed by atoms with Crippen LogP contribution in [0.25, 0.3) is 0 Å². The predicted molar refractivity (Wildman–Crippen MR) is 64.2 cm³/mol. The molecule has 0 aliphatic carbocycles. The first kappa shape index (κ1) is 14.4. The van der Waals surface area contributed by atoms with E-state index in [1.54, 1.807) is 0 Å². The smallest absolute Gasteiger partial charge is 0.0713 e. The standard InChI is InChI=1S/C10H19N3.C2H6/c1-7(2)8(3)10-12-5-9(4-11)6-13-10;1-2/h7-10,12-13H,5-6H2,1-3H3;1-2H3. The first-order valence-electron chi connectivity index (χ1n) is 6.01. The van der Waals surface area contributed by atoms with Crippen LogP contribution in [0.1, 0.15) is 34.6 Å². The zero-order chi connectivity index (χ0) is 11.8. The van der Waals surface area contributed by atoms with E-state index in [0.717, 1.165) is 13.1 Å². The summed E-state index contributed by atoms with van der Waals surface area (Å²) in [6, 6.07) is 2.27. The summed E-state index contributed by atoms with van der Waals surface area (Å²) in [5.74, 6) is 1.42. The minimum Gasteiger partial charge on any atom is -0.300 e. The average Bonchev–Trinajstić information content (AvgIpc) is 2.31. The third-order valence-corrected chi connectivity index (χ3v) is 2.93. The van der Waals surface area contributed by atoms with Gasteiger partial charge >= 0.3 is 0 Å². The quantitative estimate of drug-likeness (QED) is 0.734. The van der Waals surface area contributed by atoms with Gasteiger partial charge in [-0.2, -0.15) is 5.26 Å². The second-order valence-corrected chi connectivity index (χ2v) is 4.22. The van der Waals surface area contributed by atoms with Crippen LogP contribution in [0.2, 0.25) is 0 Å². The number of hydrogen-bond donors (Lipinski definition) is 2. The van der Waals surface area contributed by atoms with E-state index in [0.29, 0.717) is 18.0 Å². The second kappa shape index (κ2) is 7.67. The van der Waals surface area contributed by atoms with Crippen molar-refractivity contribution in [2.45, 2.75) is 40.8 Å². The zero-order valence-corrected chi connectivity index (χ0v) is 10.7. The molecule has 1 aliphatic heterocycles. The first-order valence-corrected chi connectivity index (χ1v) is 6.01. The monoisotopic (exact) mass is 211 g/mol. The summed E-state index contributed by atoms with van der Waals surface area (Å²) >= 11 is 0. The van der Waals surface area contributed by atoms with Crippen molar-refractivity contribution < 1.29 is 0 Å². The molecular weight excluding hydrogens is 186 g/mol. The van der Waals surface area contributed by atoms with Crippen LogP contribution >= 0.6 is 0 Å². The molecule has 1 rings (SSSR count). The Labute approximate surface area is 94.2 Å². The highest BCUT2D eigenvalue weighted by Gasteiger charge is 2.25. The molecular formula is C12H25N3. The van der Waals surface area contributed by atoms with Crippen molar-refractivity contribution in [2.75, 3.05) is 13.1 Å². The molecule has 1 heterocycles. The van der Waals surface area contributed by atoms with Crippen LogP contribution in [0, 0.1) is 29.1 Å². The molecule has 1 aliphatic rings. The third kappa shape index (κ3) is 4.63. The maximum atomic E-state index is 8.70. The molecule has 0 saturated carbocycles. The lowest BCUT2D eigenvalue weighted by atomic mass is 9.93. The number of nitrogens with one attached hydrogen (secondary N) is 2. The Hall–Kier alpha value is -0.590. The Morgan fingerprint density at radius 2 is 1.60 bits per heavy atom. The normalized spacial score (nSPS) is 27.5. The molecule has 15 heavy (non-hydrogen) atoms. The summed E-state index contributed by atoms with van der Waals surface area (Å²) in [6.07, 6.45) is 0.379. The van der Waals surface area contributed by atoms with Gasteiger partial charge in [-0.15, -0.1) is 0 Å². The minimum absolute atomic E-state index is 0.135. The van der Waals surface area contributed by atoms with Crippen LogP contribution in [0.15, 0.2) is 0 Å². The highest BCUT2D eigenvalue weighted by Crippen LogP contribution is 2.15. The topological polar surface area (TPSA) is 47.9 Å². The zero-order valence-electron chi connectivity index (χ0n) is 10.7. The van der Waals surface area contributed by atoms with Crippen LogP contribution in [0.3, 0.4) is 0 Å². The molecule has 88 valence electrons. The molecule has 0 bridgehead atoms. The van der Waals surface area contributed by atoms with E-state index in [2.05, 4.69) is 37.5 Å². The Bertz CT molecular complexity index is 188. The van der Waals surface area contributed by atoms with Crippen LogP contribution in [-0.4, -0.2) is 19.3 Å². The second-order valence-electron chi connectivity index (χ2n) is 4.22. The van der Waals surface area contributed by atoms with Crippen molar-refractivity contribution in [3.05, 3.63) is 0 Å². The highest BCUT2D eigenvalue weighted by atomic mass is 15.2. The van der Waals surface area contributed by atoms with E-state index >= 15 is 0 Å². The number of rotatable bonds is 2. The Morgan fingerprint density at radius 3 is 1.93 bits per heavy atom. The minimum atomic E-state index is 0.135. The predicted octanol–water partition coefficient (Wildman–Crippen LogP) is 1.96. The third-order valence-electron chi connectivity index (χ3n) is 2.93. The molecule has 1 unspecified atom stereocenters. The first-order chi connectivity index (χ1) is 7.15. The van der Waals surface area contributed by atoms with E-state index in [1.807, 2.05) is 13.8 Å². The number of nitrogens with zero attached hydrogens (tertiary/aromatic N) is 1. The molecule has 0 aromatic heterocycles. The van der Waals surface area contributed by atoms with Gasteiger partial charge in [-0.1, -0.05) is 34.6 Å². The van der Waals surface area contributed by atoms with Crippen LogP contribution in [0.5, 0.6) is 0 Å². The van der Waals surface area contributed by atoms with Crippen molar-refractivity contribution in [3.8, 4) is 6.07 Å². The van der Waals surface area contributed by atoms with Crippen molar-refractivity contribution in [1.82, 2.24) is 10.6 Å². The van der Waals surface area contributed by atoms with Gasteiger partial charge in [0.15, 0.2) is 0 Å². The lowest BCUT2D eigenvalue weighted by Crippen LogP contribution is -2.56. The molecule has 0 spiro atoms. The summed E-state index contributed by atoms with van der Waals surface area (Å²) < 4.78 is 0. The fraction of sp³-hybridized carbons (Fsp3) is 0.917. The summed E-state index contributed by atoms with van der Waals surface area (Å²) in [5.41, 5.74) is 0. The molecule has 1 atom stereocenters. The molecule has 0 radical (unpaired) electrons. The SMILES string of the molecule is CC.CC(C)C(C)C1NCC(C#N)CN1. The Kier molecular flexibility index (Phi) is 7.37. The van der Waals surface area contributed by atoms with Gasteiger partial charge in [-0.3, -0.25) is 0 Å². The van der Waals surface area contributed by atoms with Gasteiger partial charge < -0.3 is 10.6 Å². The fourth-order valence-electron chi connectivity index (χ4n) is 1.53. The summed E-state index contributed by atoms with van der Waals surface area (Å²) in [7, 11) is 0. The average molecular weight is 211 g/mol. The van der Waals surface area contributed by atoms with E-state index < -0.39 is 0 Å². The molecule has 1 fully saturated rings. The van der Waals surface area contributed by atoms with Crippen LogP contribution in [0.4, 0.5) is 0 Å². The van der Waals surface area contributed by atoms with Crippen LogP contribution < -0.4 is 10.6 Å². The summed E-state index contributed by atoms with van der Waals surface area (Å²) in [5, 5.41) is 15.4. The van der Waals surface area contributed by atoms with Crippen LogP contribution in [-0.2, 0) is 0 Å². The number of nitriles is 1. The molecule has 3 heteroatoms. The molecule has 3 nitrogen and oxygen atoms in total. The van der Waals surface area contributed by atoms with Gasteiger partial charge in [0.05, 0.1) is 18.2 Å². The molecule has 0 amide bonds. The summed E-state index contributed by atoms with van der Waals surface area (Å²) in [4.78, 5) is 0. The van der Waals surface area contributed by atoms with Gasteiger partial charge in [0.25, 0.3) is 0 Å². The molecule has 0 aromatic carbocycles. The van der Waals surface area contributed by atoms with Gasteiger partial charge in [0.2, 0.25) is 0 Å². The van der Waals surface area contributed by atoms with Gasteiger partial charge in [0, 0.05) is 13.1 Å². The van der Waals surface area contributed by atoms with Crippen molar-refractivity contribution >= 4 is 0 Å². The van der Waals surface area contributed by atoms with Crippen molar-refractivity contribution in [1.29, 1.82) is 5.26 Å². The fourth-order valence-corrected chi connectivity index (χ4v) is 1.53. The highest BCUT2D eigenvalue weighted by molar-refractivity contribution is 4.92. The summed E-state index contributed by atoms with van der Waals surface area (Å²) in [6.45, 7) is 12.3. The van der Waals surface area contributed by atoms with Gasteiger partial charge in [0.1, 0.15) is 0 Å². The van der Waals surface area contributed by atoms with E-state index in [-0.39, 0.29) is 5.92 Å². The maximum absolute atomic E-state index is 8.70. The van der Waals surface area contributed by atoms with Crippen molar-refractivity contribution in [2.24, 2.45) is 17.8 Å². The molecule has 0 aromatic rings. The van der Waals surface area contributed by atoms with Gasteiger partial charge in [-0.25, -0.2) is 0 Å². The van der Waals surface area contributed by atoms with E-state index in [9.17, 15) is 0 Å². The lowest BCUT2D eigenvalue weighted by Gasteiger charge is -2.34. The van der Waals surface area contributed by atoms with Gasteiger partial charge in [-0.05, 0) is 11.8 Å². The van der Waals surface area contributed by atoms with E-state index in [4.69, 9.17) is 5.26 Å². The number of hydrogen-bond acceptors (Lipinski definition) is 3. The van der Waals surface area contributed by atoms with E-state index in [1.165, 1.54) is 0 Å². The Morgan fingerprint density at radius 1 is 1.13 bits per heavy atom. The lowest BCUT2D eigenvalue weighted by molar-refractivity contribution is 0.217. The molecule has 2 N–H and O–H groups in total. The Balaban J connectivity index is 0.000000921. The van der Waals surface area contributed by atoms with Crippen molar-refractivity contribution in [3.63, 3.8) is 0 Å². The maximum Gasteiger partial charge on any atom is 0.0713 e.